The molecule has 0 radical (unpaired) electrons. The summed E-state index contributed by atoms with van der Waals surface area (Å²) in [6, 6.07) is 5.84. The van der Waals surface area contributed by atoms with E-state index in [4.69, 9.17) is 5.26 Å². The van der Waals surface area contributed by atoms with Crippen LogP contribution in [0.4, 0.5) is 0 Å². The van der Waals surface area contributed by atoms with Crippen LogP contribution in [0.1, 0.15) is 36.7 Å². The van der Waals surface area contributed by atoms with Gasteiger partial charge in [-0.05, 0) is 24.3 Å². The Balaban J connectivity index is 1.90. The predicted octanol–water partition coefficient (Wildman–Crippen LogP) is 1.98. The molecule has 1 aliphatic carbocycles. The van der Waals surface area contributed by atoms with Gasteiger partial charge in [-0.1, -0.05) is 18.9 Å². The summed E-state index contributed by atoms with van der Waals surface area (Å²) in [6.45, 7) is 0.169. The lowest BCUT2D eigenvalue weighted by atomic mass is 9.87. The summed E-state index contributed by atoms with van der Waals surface area (Å²) >= 11 is 1.45. The first-order valence-electron chi connectivity index (χ1n) is 6.09. The van der Waals surface area contributed by atoms with Gasteiger partial charge in [-0.25, -0.2) is 0 Å². The summed E-state index contributed by atoms with van der Waals surface area (Å²) in [5.74, 6) is -0.238. The summed E-state index contributed by atoms with van der Waals surface area (Å²) < 4.78 is 0. The molecular weight excluding hydrogens is 248 g/mol. The fourth-order valence-corrected chi connectivity index (χ4v) is 3.02. The molecule has 1 saturated carbocycles. The molecule has 1 aromatic rings. The lowest BCUT2D eigenvalue weighted by molar-refractivity contribution is -0.128. The van der Waals surface area contributed by atoms with Crippen molar-refractivity contribution in [3.8, 4) is 6.07 Å². The second-order valence-electron chi connectivity index (χ2n) is 4.64. The van der Waals surface area contributed by atoms with E-state index in [2.05, 4.69) is 11.4 Å². The largest absolute Gasteiger partial charge is 0.386 e. The molecule has 96 valence electrons. The highest BCUT2D eigenvalue weighted by molar-refractivity contribution is 7.10. The Labute approximate surface area is 110 Å². The molecule has 0 aliphatic heterocycles. The van der Waals surface area contributed by atoms with E-state index >= 15 is 0 Å². The van der Waals surface area contributed by atoms with Crippen molar-refractivity contribution in [3.05, 3.63) is 22.4 Å². The highest BCUT2D eigenvalue weighted by Crippen LogP contribution is 2.37. The number of nitrogens with one attached hydrogen (secondary N) is 1. The maximum atomic E-state index is 12.0. The molecule has 4 nitrogen and oxygen atoms in total. The number of hydrogen-bond donors (Lipinski definition) is 2. The number of nitrogens with zero attached hydrogens (tertiary/aromatic N) is 1. The molecule has 1 fully saturated rings. The van der Waals surface area contributed by atoms with Crippen LogP contribution in [0.25, 0.3) is 0 Å². The average Bonchev–Trinajstić information content (AvgIpc) is 3.06. The van der Waals surface area contributed by atoms with E-state index < -0.39 is 11.5 Å². The summed E-state index contributed by atoms with van der Waals surface area (Å²) in [4.78, 5) is 12.9. The van der Waals surface area contributed by atoms with Crippen LogP contribution in [0.2, 0.25) is 0 Å². The van der Waals surface area contributed by atoms with Crippen molar-refractivity contribution in [2.24, 2.45) is 5.41 Å². The minimum absolute atomic E-state index is 0.169. The number of rotatable bonds is 4. The monoisotopic (exact) mass is 264 g/mol. The van der Waals surface area contributed by atoms with E-state index in [1.165, 1.54) is 11.3 Å². The van der Waals surface area contributed by atoms with Gasteiger partial charge in [0.05, 0.1) is 6.07 Å². The highest BCUT2D eigenvalue weighted by atomic mass is 32.1. The molecule has 5 heteroatoms. The van der Waals surface area contributed by atoms with Gasteiger partial charge in [-0.15, -0.1) is 11.3 Å². The molecule has 1 heterocycles. The third-order valence-electron chi connectivity index (χ3n) is 3.43. The van der Waals surface area contributed by atoms with Crippen molar-refractivity contribution in [1.82, 2.24) is 5.32 Å². The normalized spacial score (nSPS) is 19.1. The molecule has 1 amide bonds. The topological polar surface area (TPSA) is 73.1 Å². The van der Waals surface area contributed by atoms with Crippen molar-refractivity contribution in [1.29, 1.82) is 5.26 Å². The third-order valence-corrected chi connectivity index (χ3v) is 4.41. The van der Waals surface area contributed by atoms with Crippen LogP contribution in [0, 0.1) is 16.7 Å². The molecule has 0 saturated heterocycles. The quantitative estimate of drug-likeness (QED) is 0.873. The lowest BCUT2D eigenvalue weighted by Gasteiger charge is -2.20. The molecule has 2 N–H and O–H groups in total. The van der Waals surface area contributed by atoms with Crippen LogP contribution in [-0.2, 0) is 4.79 Å². The molecule has 0 unspecified atom stereocenters. The molecule has 1 aliphatic rings. The van der Waals surface area contributed by atoms with Crippen LogP contribution in [0.3, 0.4) is 0 Å². The smallest absolute Gasteiger partial charge is 0.240 e. The molecule has 0 spiro atoms. The Morgan fingerprint density at radius 1 is 1.61 bits per heavy atom. The average molecular weight is 264 g/mol. The van der Waals surface area contributed by atoms with Gasteiger partial charge in [0.25, 0.3) is 0 Å². The maximum Gasteiger partial charge on any atom is 0.240 e. The number of nitriles is 1. The van der Waals surface area contributed by atoms with Gasteiger partial charge in [0.1, 0.15) is 11.5 Å². The van der Waals surface area contributed by atoms with E-state index in [0.717, 1.165) is 17.7 Å². The number of hydrogen-bond acceptors (Lipinski definition) is 4. The van der Waals surface area contributed by atoms with Gasteiger partial charge >= 0.3 is 0 Å². The molecule has 18 heavy (non-hydrogen) atoms. The van der Waals surface area contributed by atoms with Gasteiger partial charge in [0, 0.05) is 11.4 Å². The predicted molar refractivity (Wildman–Crippen MR) is 68.8 cm³/mol. The van der Waals surface area contributed by atoms with Gasteiger partial charge in [0.15, 0.2) is 0 Å². The fourth-order valence-electron chi connectivity index (χ4n) is 2.31. The summed E-state index contributed by atoms with van der Waals surface area (Å²) in [6.07, 6.45) is 2.42. The van der Waals surface area contributed by atoms with E-state index in [-0.39, 0.29) is 12.5 Å². The summed E-state index contributed by atoms with van der Waals surface area (Å²) in [5.41, 5.74) is -0.866. The van der Waals surface area contributed by atoms with Crippen molar-refractivity contribution >= 4 is 17.2 Å². The Morgan fingerprint density at radius 2 is 2.33 bits per heavy atom. The van der Waals surface area contributed by atoms with Crippen LogP contribution in [0.15, 0.2) is 17.5 Å². The first kappa shape index (κ1) is 13.1. The standard InChI is InChI=1S/C13H16N2O2S/c14-9-13(5-1-2-6-13)12(17)15-8-10(16)11-4-3-7-18-11/h3-4,7,10,16H,1-2,5-6,8H2,(H,15,17)/t10-/m1/s1. The first-order valence-corrected chi connectivity index (χ1v) is 6.97. The Kier molecular flexibility index (Phi) is 4.00. The second kappa shape index (κ2) is 5.51. The zero-order chi connectivity index (χ0) is 13.0. The molecule has 1 aromatic heterocycles. The number of aliphatic hydroxyl groups excluding tert-OH is 1. The lowest BCUT2D eigenvalue weighted by Crippen LogP contribution is -2.40. The minimum atomic E-state index is -0.866. The van der Waals surface area contributed by atoms with Crippen LogP contribution in [-0.4, -0.2) is 17.6 Å². The van der Waals surface area contributed by atoms with Crippen molar-refractivity contribution in [2.75, 3.05) is 6.54 Å². The number of amides is 1. The fraction of sp³-hybridized carbons (Fsp3) is 0.538. The Morgan fingerprint density at radius 3 is 2.89 bits per heavy atom. The van der Waals surface area contributed by atoms with E-state index in [1.54, 1.807) is 0 Å². The molecule has 2 rings (SSSR count). The summed E-state index contributed by atoms with van der Waals surface area (Å²) in [7, 11) is 0. The second-order valence-corrected chi connectivity index (χ2v) is 5.62. The maximum absolute atomic E-state index is 12.0. The molecule has 0 aromatic carbocycles. The minimum Gasteiger partial charge on any atom is -0.386 e. The summed E-state index contributed by atoms with van der Waals surface area (Å²) in [5, 5.41) is 23.6. The number of thiophene rings is 1. The molecule has 0 bridgehead atoms. The number of carbonyl (C=O) groups excluding carboxylic acids is 1. The van der Waals surface area contributed by atoms with E-state index in [9.17, 15) is 9.90 Å². The van der Waals surface area contributed by atoms with Crippen LogP contribution < -0.4 is 5.32 Å². The zero-order valence-corrected chi connectivity index (χ0v) is 10.9. The Bertz CT molecular complexity index is 444. The van der Waals surface area contributed by atoms with Crippen molar-refractivity contribution in [3.63, 3.8) is 0 Å². The molecule has 1 atom stereocenters. The highest BCUT2D eigenvalue weighted by Gasteiger charge is 2.41. The SMILES string of the molecule is N#CC1(C(=O)NC[C@@H](O)c2cccs2)CCCC1. The van der Waals surface area contributed by atoms with Gasteiger partial charge in [-0.2, -0.15) is 5.26 Å². The van der Waals surface area contributed by atoms with Crippen molar-refractivity contribution in [2.45, 2.75) is 31.8 Å². The van der Waals surface area contributed by atoms with Gasteiger partial charge in [0.2, 0.25) is 5.91 Å². The number of carbonyl (C=O) groups is 1. The van der Waals surface area contributed by atoms with Gasteiger partial charge < -0.3 is 10.4 Å². The molecular formula is C13H16N2O2S. The van der Waals surface area contributed by atoms with Gasteiger partial charge in [-0.3, -0.25) is 4.79 Å². The van der Waals surface area contributed by atoms with Crippen LogP contribution >= 0.6 is 11.3 Å². The number of aliphatic hydroxyl groups is 1. The Hall–Kier alpha value is -1.38. The van der Waals surface area contributed by atoms with Crippen molar-refractivity contribution < 1.29 is 9.90 Å². The first-order chi connectivity index (χ1) is 8.68. The van der Waals surface area contributed by atoms with E-state index in [0.29, 0.717) is 12.8 Å². The third kappa shape index (κ3) is 2.55. The zero-order valence-electron chi connectivity index (χ0n) is 10.1. The van der Waals surface area contributed by atoms with E-state index in [1.807, 2.05) is 17.5 Å². The van der Waals surface area contributed by atoms with Crippen LogP contribution in [0.5, 0.6) is 0 Å².